The Balaban J connectivity index is 2.21. The van der Waals surface area contributed by atoms with Gasteiger partial charge in [-0.25, -0.2) is 9.48 Å². The maximum atomic E-state index is 12.4. The zero-order valence-corrected chi connectivity index (χ0v) is 12.4. The Morgan fingerprint density at radius 3 is 2.73 bits per heavy atom. The third-order valence-corrected chi connectivity index (χ3v) is 3.35. The summed E-state index contributed by atoms with van der Waals surface area (Å²) in [5.74, 6) is -1.42. The highest BCUT2D eigenvalue weighted by Crippen LogP contribution is 2.14. The van der Waals surface area contributed by atoms with Crippen molar-refractivity contribution in [3.63, 3.8) is 0 Å². The average molecular weight is 301 g/mol. The first kappa shape index (κ1) is 15.8. The number of hydrogen-bond acceptors (Lipinski definition) is 3. The number of carboxylic acids is 1. The van der Waals surface area contributed by atoms with Crippen LogP contribution in [0.25, 0.3) is 5.69 Å². The van der Waals surface area contributed by atoms with Gasteiger partial charge in [0.2, 0.25) is 0 Å². The Morgan fingerprint density at radius 2 is 2.09 bits per heavy atom. The molecule has 0 saturated carbocycles. The molecule has 0 aliphatic carbocycles. The predicted octanol–water partition coefficient (Wildman–Crippen LogP) is 2.25. The molecular weight excluding hydrogens is 282 g/mol. The van der Waals surface area contributed by atoms with Crippen LogP contribution in [0.5, 0.6) is 0 Å². The lowest BCUT2D eigenvalue weighted by Gasteiger charge is -2.15. The molecule has 1 unspecified atom stereocenters. The number of unbranched alkanes of at least 4 members (excludes halogenated alkanes) is 1. The van der Waals surface area contributed by atoms with Crippen molar-refractivity contribution in [1.82, 2.24) is 15.1 Å². The number of nitrogens with one attached hydrogen (secondary N) is 1. The molecule has 0 aliphatic heterocycles. The second-order valence-corrected chi connectivity index (χ2v) is 4.97. The molecule has 22 heavy (non-hydrogen) atoms. The first-order chi connectivity index (χ1) is 10.6. The monoisotopic (exact) mass is 301 g/mol. The molecule has 2 rings (SSSR count). The number of amides is 1. The fourth-order valence-corrected chi connectivity index (χ4v) is 2.18. The number of benzene rings is 1. The van der Waals surface area contributed by atoms with Crippen molar-refractivity contribution < 1.29 is 14.7 Å². The van der Waals surface area contributed by atoms with Crippen LogP contribution in [-0.4, -0.2) is 32.8 Å². The van der Waals surface area contributed by atoms with Crippen molar-refractivity contribution in [1.29, 1.82) is 0 Å². The zero-order valence-electron chi connectivity index (χ0n) is 12.4. The molecule has 2 aromatic rings. The van der Waals surface area contributed by atoms with Crippen molar-refractivity contribution in [3.05, 3.63) is 48.3 Å². The van der Waals surface area contributed by atoms with E-state index in [1.807, 2.05) is 6.92 Å². The van der Waals surface area contributed by atoms with Crippen molar-refractivity contribution >= 4 is 11.9 Å². The largest absolute Gasteiger partial charge is 0.480 e. The van der Waals surface area contributed by atoms with E-state index in [2.05, 4.69) is 10.4 Å². The molecule has 1 aromatic heterocycles. The highest BCUT2D eigenvalue weighted by molar-refractivity contribution is 5.99. The summed E-state index contributed by atoms with van der Waals surface area (Å²) in [5.41, 5.74) is 1.01. The first-order valence-corrected chi connectivity index (χ1v) is 7.26. The quantitative estimate of drug-likeness (QED) is 0.821. The van der Waals surface area contributed by atoms with E-state index in [1.165, 1.54) is 0 Å². The maximum absolute atomic E-state index is 12.4. The van der Waals surface area contributed by atoms with Gasteiger partial charge in [-0.15, -0.1) is 0 Å². The number of aliphatic carboxylic acids is 1. The van der Waals surface area contributed by atoms with Gasteiger partial charge in [-0.3, -0.25) is 4.79 Å². The van der Waals surface area contributed by atoms with Crippen LogP contribution in [0.2, 0.25) is 0 Å². The Morgan fingerprint density at radius 1 is 1.32 bits per heavy atom. The van der Waals surface area contributed by atoms with Gasteiger partial charge < -0.3 is 10.4 Å². The summed E-state index contributed by atoms with van der Waals surface area (Å²) in [6.07, 6.45) is 5.40. The van der Waals surface area contributed by atoms with Crippen LogP contribution in [0.4, 0.5) is 0 Å². The Kier molecular flexibility index (Phi) is 5.30. The molecule has 2 N–H and O–H groups in total. The molecule has 1 amide bonds. The van der Waals surface area contributed by atoms with Crippen LogP contribution in [0.3, 0.4) is 0 Å². The molecule has 0 radical (unpaired) electrons. The molecule has 6 heteroatoms. The normalized spacial score (nSPS) is 11.9. The summed E-state index contributed by atoms with van der Waals surface area (Å²) in [7, 11) is 0. The number of para-hydroxylation sites is 1. The first-order valence-electron chi connectivity index (χ1n) is 7.26. The lowest BCUT2D eigenvalue weighted by molar-refractivity contribution is -0.139. The summed E-state index contributed by atoms with van der Waals surface area (Å²) < 4.78 is 1.58. The molecule has 1 aromatic carbocycles. The van der Waals surface area contributed by atoms with Crippen LogP contribution in [0.1, 0.15) is 36.5 Å². The molecular formula is C16H19N3O3. The number of carbonyl (C=O) groups is 2. The molecule has 0 aliphatic rings. The SMILES string of the molecule is CCCCC(NC(=O)c1ccccc1-n1cccn1)C(=O)O. The highest BCUT2D eigenvalue weighted by Gasteiger charge is 2.21. The van der Waals surface area contributed by atoms with E-state index in [-0.39, 0.29) is 0 Å². The van der Waals surface area contributed by atoms with Crippen molar-refractivity contribution in [2.24, 2.45) is 0 Å². The van der Waals surface area contributed by atoms with Gasteiger partial charge in [-0.05, 0) is 24.6 Å². The second-order valence-electron chi connectivity index (χ2n) is 4.97. The van der Waals surface area contributed by atoms with E-state index < -0.39 is 17.9 Å². The van der Waals surface area contributed by atoms with E-state index in [9.17, 15) is 14.7 Å². The fraction of sp³-hybridized carbons (Fsp3) is 0.312. The molecule has 1 atom stereocenters. The number of hydrogen-bond donors (Lipinski definition) is 2. The summed E-state index contributed by atoms with van der Waals surface area (Å²) in [6.45, 7) is 1.98. The summed E-state index contributed by atoms with van der Waals surface area (Å²) in [4.78, 5) is 23.7. The lowest BCUT2D eigenvalue weighted by atomic mass is 10.1. The standard InChI is InChI=1S/C16H19N3O3/c1-2-3-8-13(16(21)22)18-15(20)12-7-4-5-9-14(12)19-11-6-10-17-19/h4-7,9-11,13H,2-3,8H2,1H3,(H,18,20)(H,21,22). The summed E-state index contributed by atoms with van der Waals surface area (Å²) in [5, 5.41) is 15.9. The Bertz CT molecular complexity index is 638. The second kappa shape index (κ2) is 7.40. The molecule has 0 bridgehead atoms. The van der Waals surface area contributed by atoms with Gasteiger partial charge in [0.15, 0.2) is 0 Å². The maximum Gasteiger partial charge on any atom is 0.326 e. The molecule has 116 valence electrons. The van der Waals surface area contributed by atoms with E-state index >= 15 is 0 Å². The van der Waals surface area contributed by atoms with Crippen LogP contribution in [0.15, 0.2) is 42.7 Å². The van der Waals surface area contributed by atoms with Gasteiger partial charge in [0.25, 0.3) is 5.91 Å². The smallest absolute Gasteiger partial charge is 0.326 e. The molecule has 0 saturated heterocycles. The van der Waals surface area contributed by atoms with Crippen LogP contribution < -0.4 is 5.32 Å². The van der Waals surface area contributed by atoms with Crippen molar-refractivity contribution in [3.8, 4) is 5.69 Å². The fourth-order valence-electron chi connectivity index (χ4n) is 2.18. The third-order valence-electron chi connectivity index (χ3n) is 3.35. The highest BCUT2D eigenvalue weighted by atomic mass is 16.4. The van der Waals surface area contributed by atoms with Gasteiger partial charge in [-0.1, -0.05) is 31.9 Å². The minimum Gasteiger partial charge on any atom is -0.480 e. The number of rotatable bonds is 7. The number of aromatic nitrogens is 2. The van der Waals surface area contributed by atoms with E-state index in [0.29, 0.717) is 17.7 Å². The van der Waals surface area contributed by atoms with Crippen LogP contribution in [0, 0.1) is 0 Å². The van der Waals surface area contributed by atoms with E-state index in [1.54, 1.807) is 47.4 Å². The average Bonchev–Trinajstić information content (AvgIpc) is 3.05. The van der Waals surface area contributed by atoms with Crippen molar-refractivity contribution in [2.45, 2.75) is 32.2 Å². The lowest BCUT2D eigenvalue weighted by Crippen LogP contribution is -2.41. The topological polar surface area (TPSA) is 84.2 Å². The molecule has 0 fully saturated rings. The minimum absolute atomic E-state index is 0.397. The molecule has 0 spiro atoms. The summed E-state index contributed by atoms with van der Waals surface area (Å²) in [6, 6.07) is 7.85. The Hall–Kier alpha value is -2.63. The van der Waals surface area contributed by atoms with Gasteiger partial charge in [0.05, 0.1) is 11.3 Å². The van der Waals surface area contributed by atoms with Crippen LogP contribution in [-0.2, 0) is 4.79 Å². The number of carboxylic acid groups (broad SMARTS) is 1. The predicted molar refractivity (Wildman–Crippen MR) is 82.0 cm³/mol. The number of nitrogens with zero attached hydrogens (tertiary/aromatic N) is 2. The van der Waals surface area contributed by atoms with E-state index in [4.69, 9.17) is 0 Å². The van der Waals surface area contributed by atoms with Gasteiger partial charge in [0.1, 0.15) is 6.04 Å². The zero-order chi connectivity index (χ0) is 15.9. The minimum atomic E-state index is -1.02. The Labute approximate surface area is 128 Å². The van der Waals surface area contributed by atoms with Crippen LogP contribution >= 0.6 is 0 Å². The summed E-state index contributed by atoms with van der Waals surface area (Å²) >= 11 is 0. The van der Waals surface area contributed by atoms with Gasteiger partial charge in [-0.2, -0.15) is 5.10 Å². The van der Waals surface area contributed by atoms with Crippen molar-refractivity contribution in [2.75, 3.05) is 0 Å². The third kappa shape index (κ3) is 3.72. The molecule has 1 heterocycles. The molecule has 6 nitrogen and oxygen atoms in total. The van der Waals surface area contributed by atoms with Gasteiger partial charge >= 0.3 is 5.97 Å². The van der Waals surface area contributed by atoms with E-state index in [0.717, 1.165) is 12.8 Å². The van der Waals surface area contributed by atoms with Gasteiger partial charge in [0, 0.05) is 12.4 Å². The number of carbonyl (C=O) groups excluding carboxylic acids is 1.